The van der Waals surface area contributed by atoms with Crippen LogP contribution in [-0.2, 0) is 19.8 Å². The Hall–Kier alpha value is -1.92. The largest absolute Gasteiger partial charge is 4.00 e. The first kappa shape index (κ1) is 34.1. The zero-order valence-corrected chi connectivity index (χ0v) is 24.4. The van der Waals surface area contributed by atoms with Gasteiger partial charge in [-0.25, -0.2) is 4.98 Å². The molecule has 0 aliphatic heterocycles. The van der Waals surface area contributed by atoms with Crippen LogP contribution in [0.15, 0.2) is 120 Å². The van der Waals surface area contributed by atoms with E-state index in [0.29, 0.717) is 10.8 Å². The second kappa shape index (κ2) is 14.1. The molecule has 1 heterocycles. The van der Waals surface area contributed by atoms with E-state index in [1.165, 1.54) is 11.1 Å². The van der Waals surface area contributed by atoms with Gasteiger partial charge < -0.3 is 24.0 Å². The van der Waals surface area contributed by atoms with Crippen LogP contribution in [0.2, 0.25) is 5.02 Å². The average Bonchev–Trinajstić information content (AvgIpc) is 2.79. The molecule has 0 amide bonds. The van der Waals surface area contributed by atoms with Crippen LogP contribution in [-0.4, -0.2) is 4.98 Å². The first-order valence-electron chi connectivity index (χ1n) is 9.51. The van der Waals surface area contributed by atoms with Gasteiger partial charge in [-0.15, -0.1) is 10.2 Å². The number of pyridine rings is 1. The molecule has 0 fully saturated rings. The topological polar surface area (TPSA) is 37.6 Å². The normalized spacial score (nSPS) is 12.2. The van der Waals surface area contributed by atoms with Crippen LogP contribution in [0.25, 0.3) is 11.1 Å². The summed E-state index contributed by atoms with van der Waals surface area (Å²) < 4.78 is 59.2. The Morgan fingerprint density at radius 3 is 1.33 bits per heavy atom. The number of azo groups is 1. The second-order valence-corrected chi connectivity index (χ2v) is 8.91. The zero-order valence-electron chi connectivity index (χ0n) is 18.1. The maximum absolute atomic E-state index is 10.7. The molecule has 0 radical (unpaired) electrons. The maximum atomic E-state index is 9.87. The minimum Gasteiger partial charge on any atom is -1.00 e. The van der Waals surface area contributed by atoms with E-state index in [4.69, 9.17) is 11.6 Å². The van der Waals surface area contributed by atoms with Crippen LogP contribution in [0.1, 0.15) is 0 Å². The first-order valence-corrected chi connectivity index (χ1v) is 11.9. The van der Waals surface area contributed by atoms with Crippen LogP contribution in [0.4, 0.5) is 36.7 Å². The Morgan fingerprint density at radius 1 is 0.583 bits per heavy atom. The fourth-order valence-electron chi connectivity index (χ4n) is 2.29. The van der Waals surface area contributed by atoms with E-state index in [1.54, 1.807) is 18.3 Å². The molecule has 0 saturated carbocycles. The summed E-state index contributed by atoms with van der Waals surface area (Å²) >= 11 is 5.69. The van der Waals surface area contributed by atoms with Gasteiger partial charge in [0.05, 0.1) is 10.7 Å². The Balaban J connectivity index is 0.000000529. The van der Waals surface area contributed by atoms with Crippen molar-refractivity contribution in [2.24, 2.45) is 10.2 Å². The molecule has 0 saturated heterocycles. The summed E-state index contributed by atoms with van der Waals surface area (Å²) in [6.07, 6.45) is 1.54. The average molecular weight is 834 g/mol. The Labute approximate surface area is 239 Å². The molecule has 4 rings (SSSR count). The molecule has 0 atom stereocenters. The Kier molecular flexibility index (Phi) is 13.4. The summed E-state index contributed by atoms with van der Waals surface area (Å²) in [5.41, 5.74) is 3.35. The van der Waals surface area contributed by atoms with Gasteiger partial charge in [-0.1, -0.05) is 90.5 Å². The number of aromatic nitrogens is 1. The fraction of sp³-hybridized carbons (Fsp3) is 0. The minimum absolute atomic E-state index is 0. The van der Waals surface area contributed by atoms with Crippen molar-refractivity contribution in [3.05, 3.63) is 114 Å². The molecule has 0 bridgehead atoms. The van der Waals surface area contributed by atoms with E-state index in [0.717, 1.165) is 5.69 Å². The molecule has 0 unspecified atom stereocenters. The Bertz CT molecular complexity index is 1140. The molecule has 0 N–H and O–H groups in total. The Morgan fingerprint density at radius 2 is 0.972 bits per heavy atom. The predicted molar refractivity (Wildman–Crippen MR) is 125 cm³/mol. The molecule has 3 aromatic carbocycles. The van der Waals surface area contributed by atoms with Crippen LogP contribution in [0.5, 0.6) is 0 Å². The number of hydrogen-bond donors (Lipinski definition) is 0. The third kappa shape index (κ3) is 18.4. The summed E-state index contributed by atoms with van der Waals surface area (Å²) in [7, 11) is -10.7. The summed E-state index contributed by atoms with van der Waals surface area (Å²) in [5.74, 6) is 0.545. The van der Waals surface area contributed by atoms with E-state index in [2.05, 4.69) is 63.7 Å². The molecular weight excluding hydrogens is 816 g/mol. The van der Waals surface area contributed by atoms with Gasteiger partial charge in [-0.3, -0.25) is 0 Å². The molecule has 13 heteroatoms. The van der Waals surface area contributed by atoms with Crippen molar-refractivity contribution >= 4 is 30.9 Å². The van der Waals surface area contributed by atoms with E-state index in [9.17, 15) is 25.2 Å². The molecule has 1 aromatic heterocycles. The number of halogens is 8. The number of rotatable bonds is 3. The number of nitrogens with zero attached hydrogens (tertiary/aromatic N) is 3. The molecular formula is C23H18ClF6IN3OsP+2. The maximum Gasteiger partial charge on any atom is 4.00 e. The van der Waals surface area contributed by atoms with Crippen molar-refractivity contribution in [3.8, 4) is 11.1 Å². The van der Waals surface area contributed by atoms with Crippen molar-refractivity contribution in [1.29, 1.82) is 0 Å². The van der Waals surface area contributed by atoms with Gasteiger partial charge in [0, 0.05) is 6.20 Å². The van der Waals surface area contributed by atoms with Crippen LogP contribution >= 0.6 is 19.4 Å². The SMILES string of the molecule is Clc1ccc(N=Nc2ccccc2)nc1.F[P-](F)(F)(F)(F)F.[I-].[Os+4].c1ccc(-c2ccccc2)cc1. The van der Waals surface area contributed by atoms with E-state index in [1.807, 2.05) is 42.5 Å². The van der Waals surface area contributed by atoms with E-state index in [-0.39, 0.29) is 43.8 Å². The minimum atomic E-state index is -10.7. The molecule has 0 aliphatic rings. The van der Waals surface area contributed by atoms with Crippen LogP contribution in [0, 0.1) is 0 Å². The van der Waals surface area contributed by atoms with Gasteiger partial charge in [0.15, 0.2) is 5.82 Å². The fourth-order valence-corrected chi connectivity index (χ4v) is 2.40. The molecule has 4 aromatic rings. The molecule has 0 spiro atoms. The molecule has 0 aliphatic carbocycles. The van der Waals surface area contributed by atoms with Gasteiger partial charge in [0.25, 0.3) is 0 Å². The number of benzene rings is 3. The quantitative estimate of drug-likeness (QED) is 0.0897. The van der Waals surface area contributed by atoms with Crippen LogP contribution < -0.4 is 24.0 Å². The smallest absolute Gasteiger partial charge is 1.00 e. The summed E-state index contributed by atoms with van der Waals surface area (Å²) in [5, 5.41) is 8.59. The van der Waals surface area contributed by atoms with Gasteiger partial charge in [0.2, 0.25) is 0 Å². The predicted octanol–water partition coefficient (Wildman–Crippen LogP) is 7.89. The molecule has 36 heavy (non-hydrogen) atoms. The van der Waals surface area contributed by atoms with Gasteiger partial charge in [0.1, 0.15) is 0 Å². The van der Waals surface area contributed by atoms with Crippen molar-refractivity contribution < 1.29 is 68.9 Å². The molecule has 192 valence electrons. The summed E-state index contributed by atoms with van der Waals surface area (Å²) in [6.45, 7) is 0. The second-order valence-electron chi connectivity index (χ2n) is 6.56. The summed E-state index contributed by atoms with van der Waals surface area (Å²) in [6, 6.07) is 33.7. The van der Waals surface area contributed by atoms with Crippen molar-refractivity contribution in [3.63, 3.8) is 0 Å². The van der Waals surface area contributed by atoms with Gasteiger partial charge >= 0.3 is 52.8 Å². The summed E-state index contributed by atoms with van der Waals surface area (Å²) in [4.78, 5) is 4.00. The third-order valence-corrected chi connectivity index (χ3v) is 3.84. The van der Waals surface area contributed by atoms with Crippen molar-refractivity contribution in [2.45, 2.75) is 0 Å². The van der Waals surface area contributed by atoms with E-state index >= 15 is 0 Å². The van der Waals surface area contributed by atoms with Gasteiger partial charge in [-0.2, -0.15) is 0 Å². The van der Waals surface area contributed by atoms with Crippen LogP contribution in [0.3, 0.4) is 0 Å². The van der Waals surface area contributed by atoms with Gasteiger partial charge in [-0.05, 0) is 35.4 Å². The standard InChI is InChI=1S/C12H10.C11H8ClN3.F6P.HI.Os/c1-3-7-11(8-4-1)12-9-5-2-6-10-12;12-9-6-7-11(13-8-9)15-14-10-4-2-1-3-5-10;1-7(2,3,4,5)6;;/h1-10H;1-8H;;1H;/q;;-1;;+4/p-1. The van der Waals surface area contributed by atoms with Crippen molar-refractivity contribution in [2.75, 3.05) is 0 Å². The first-order chi connectivity index (χ1) is 15.8. The van der Waals surface area contributed by atoms with E-state index < -0.39 is 7.81 Å². The monoisotopic (exact) mass is 835 g/mol. The third-order valence-electron chi connectivity index (χ3n) is 3.62. The molecule has 3 nitrogen and oxygen atoms in total. The number of hydrogen-bond acceptors (Lipinski definition) is 3. The van der Waals surface area contributed by atoms with Crippen molar-refractivity contribution in [1.82, 2.24) is 4.98 Å². The zero-order chi connectivity index (χ0) is 25.1.